The summed E-state index contributed by atoms with van der Waals surface area (Å²) in [6.45, 7) is 4.68. The van der Waals surface area contributed by atoms with E-state index in [2.05, 4.69) is 5.10 Å². The van der Waals surface area contributed by atoms with Gasteiger partial charge in [0.1, 0.15) is 4.90 Å². The van der Waals surface area contributed by atoms with E-state index in [0.717, 1.165) is 24.2 Å². The third kappa shape index (κ3) is 4.99. The Morgan fingerprint density at radius 2 is 1.78 bits per heavy atom. The zero-order valence-corrected chi connectivity index (χ0v) is 16.1. The molecule has 0 aliphatic carbocycles. The average molecular weight is 390 g/mol. The van der Waals surface area contributed by atoms with Crippen molar-refractivity contribution >= 4 is 16.3 Å². The van der Waals surface area contributed by atoms with Gasteiger partial charge in [-0.15, -0.1) is 0 Å². The third-order valence-electron chi connectivity index (χ3n) is 4.05. The number of hydrogen-bond acceptors (Lipinski definition) is 7. The summed E-state index contributed by atoms with van der Waals surface area (Å²) in [5.41, 5.74) is 1.74. The van der Waals surface area contributed by atoms with Crippen LogP contribution in [0.1, 0.15) is 11.1 Å². The summed E-state index contributed by atoms with van der Waals surface area (Å²) in [4.78, 5) is 0.0908. The first-order chi connectivity index (χ1) is 13.0. The van der Waals surface area contributed by atoms with Gasteiger partial charge in [-0.05, 0) is 42.8 Å². The van der Waals surface area contributed by atoms with E-state index in [-0.39, 0.29) is 10.6 Å². The molecule has 1 aliphatic heterocycles. The van der Waals surface area contributed by atoms with Gasteiger partial charge in [0.05, 0.1) is 39.6 Å². The monoisotopic (exact) mass is 390 g/mol. The molecular weight excluding hydrogens is 368 g/mol. The van der Waals surface area contributed by atoms with Crippen molar-refractivity contribution in [2.45, 2.75) is 11.8 Å². The molecule has 0 aromatic heterocycles. The van der Waals surface area contributed by atoms with E-state index in [1.807, 2.05) is 11.9 Å². The van der Waals surface area contributed by atoms with Gasteiger partial charge in [0.15, 0.2) is 11.5 Å². The largest absolute Gasteiger partial charge is 0.493 e. The van der Waals surface area contributed by atoms with Gasteiger partial charge in [0, 0.05) is 0 Å². The maximum Gasteiger partial charge on any atom is 0.339 e. The molecule has 1 aliphatic rings. The Morgan fingerprint density at radius 3 is 2.44 bits per heavy atom. The van der Waals surface area contributed by atoms with Crippen molar-refractivity contribution in [3.05, 3.63) is 53.6 Å². The van der Waals surface area contributed by atoms with Crippen molar-refractivity contribution in [1.82, 2.24) is 5.01 Å². The number of rotatable bonds is 6. The van der Waals surface area contributed by atoms with Crippen LogP contribution in [0, 0.1) is 6.92 Å². The minimum Gasteiger partial charge on any atom is -0.493 e. The summed E-state index contributed by atoms with van der Waals surface area (Å²) in [7, 11) is -2.48. The Bertz CT molecular complexity index is 904. The highest BCUT2D eigenvalue weighted by Crippen LogP contribution is 2.30. The molecule has 0 spiro atoms. The molecule has 0 atom stereocenters. The maximum absolute atomic E-state index is 12.5. The first-order valence-corrected chi connectivity index (χ1v) is 9.94. The van der Waals surface area contributed by atoms with E-state index in [1.165, 1.54) is 19.2 Å². The molecule has 1 fully saturated rings. The first kappa shape index (κ1) is 19.2. The Hall–Kier alpha value is -2.58. The number of ether oxygens (including phenoxy) is 2. The predicted molar refractivity (Wildman–Crippen MR) is 102 cm³/mol. The highest BCUT2D eigenvalue weighted by Gasteiger charge is 2.19. The molecule has 144 valence electrons. The fourth-order valence-electron chi connectivity index (χ4n) is 2.52. The van der Waals surface area contributed by atoms with E-state index >= 15 is 0 Å². The zero-order chi connectivity index (χ0) is 19.3. The van der Waals surface area contributed by atoms with Gasteiger partial charge < -0.3 is 13.7 Å². The maximum atomic E-state index is 12.5. The molecule has 0 radical (unpaired) electrons. The Morgan fingerprint density at radius 1 is 1.07 bits per heavy atom. The van der Waals surface area contributed by atoms with Crippen molar-refractivity contribution in [3.63, 3.8) is 0 Å². The van der Waals surface area contributed by atoms with Crippen LogP contribution in [-0.2, 0) is 14.9 Å². The minimum atomic E-state index is -3.94. The van der Waals surface area contributed by atoms with Crippen molar-refractivity contribution in [2.24, 2.45) is 5.10 Å². The molecule has 1 heterocycles. The zero-order valence-electron chi connectivity index (χ0n) is 15.3. The molecule has 7 nitrogen and oxygen atoms in total. The van der Waals surface area contributed by atoms with Crippen LogP contribution < -0.4 is 8.92 Å². The van der Waals surface area contributed by atoms with Crippen LogP contribution in [0.4, 0.5) is 0 Å². The second-order valence-corrected chi connectivity index (χ2v) is 7.62. The molecule has 0 bridgehead atoms. The van der Waals surface area contributed by atoms with Crippen LogP contribution in [0.25, 0.3) is 0 Å². The Balaban J connectivity index is 1.77. The predicted octanol–water partition coefficient (Wildman–Crippen LogP) is 2.44. The summed E-state index contributed by atoms with van der Waals surface area (Å²) < 4.78 is 40.8. The third-order valence-corrected chi connectivity index (χ3v) is 5.30. The topological polar surface area (TPSA) is 77.4 Å². The van der Waals surface area contributed by atoms with Gasteiger partial charge in [-0.1, -0.05) is 17.7 Å². The first-order valence-electron chi connectivity index (χ1n) is 8.54. The lowest BCUT2D eigenvalue weighted by Crippen LogP contribution is -2.32. The molecule has 2 aromatic rings. The van der Waals surface area contributed by atoms with E-state index < -0.39 is 10.1 Å². The van der Waals surface area contributed by atoms with Crippen molar-refractivity contribution in [1.29, 1.82) is 0 Å². The number of aryl methyl sites for hydroxylation is 1. The number of methoxy groups -OCH3 is 1. The van der Waals surface area contributed by atoms with Gasteiger partial charge >= 0.3 is 10.1 Å². The molecule has 3 rings (SSSR count). The van der Waals surface area contributed by atoms with Gasteiger partial charge in [-0.25, -0.2) is 0 Å². The van der Waals surface area contributed by atoms with Crippen LogP contribution in [0.5, 0.6) is 11.5 Å². The van der Waals surface area contributed by atoms with Crippen molar-refractivity contribution < 1.29 is 22.1 Å². The standard InChI is InChI=1S/C19H22N2O5S/c1-15-3-6-17(7-4-15)27(22,23)26-18-8-5-16(13-19(18)24-2)14-20-21-9-11-25-12-10-21/h3-8,13-14H,9-12H2,1-2H3/b20-14+. The molecular formula is C19H22N2O5S. The summed E-state index contributed by atoms with van der Waals surface area (Å²) in [5, 5.41) is 6.32. The smallest absolute Gasteiger partial charge is 0.339 e. The lowest BCUT2D eigenvalue weighted by atomic mass is 10.2. The van der Waals surface area contributed by atoms with Gasteiger partial charge in [0.25, 0.3) is 0 Å². The van der Waals surface area contributed by atoms with Crippen LogP contribution >= 0.6 is 0 Å². The number of nitrogens with zero attached hydrogens (tertiary/aromatic N) is 2. The lowest BCUT2D eigenvalue weighted by Gasteiger charge is -2.23. The summed E-state index contributed by atoms with van der Waals surface area (Å²) in [6.07, 6.45) is 1.70. The van der Waals surface area contributed by atoms with E-state index in [0.29, 0.717) is 19.0 Å². The quantitative estimate of drug-likeness (QED) is 0.557. The van der Waals surface area contributed by atoms with E-state index in [1.54, 1.807) is 36.5 Å². The molecule has 0 saturated carbocycles. The summed E-state index contributed by atoms with van der Waals surface area (Å²) >= 11 is 0. The normalized spacial score (nSPS) is 15.1. The fraction of sp³-hybridized carbons (Fsp3) is 0.316. The molecule has 8 heteroatoms. The molecule has 27 heavy (non-hydrogen) atoms. The number of hydrazone groups is 1. The second kappa shape index (κ2) is 8.41. The highest BCUT2D eigenvalue weighted by molar-refractivity contribution is 7.87. The summed E-state index contributed by atoms with van der Waals surface area (Å²) in [6, 6.07) is 11.4. The van der Waals surface area contributed by atoms with Gasteiger partial charge in [-0.2, -0.15) is 13.5 Å². The SMILES string of the molecule is COc1cc(/C=N/N2CCOCC2)ccc1OS(=O)(=O)c1ccc(C)cc1. The molecule has 1 saturated heterocycles. The molecule has 0 N–H and O–H groups in total. The van der Waals surface area contributed by atoms with Crippen molar-refractivity contribution in [2.75, 3.05) is 33.4 Å². The van der Waals surface area contributed by atoms with E-state index in [9.17, 15) is 8.42 Å². The fourth-order valence-corrected chi connectivity index (χ4v) is 3.46. The van der Waals surface area contributed by atoms with Crippen LogP contribution in [0.2, 0.25) is 0 Å². The lowest BCUT2D eigenvalue weighted by molar-refractivity contribution is 0.0397. The van der Waals surface area contributed by atoms with Gasteiger partial charge in [-0.3, -0.25) is 5.01 Å². The van der Waals surface area contributed by atoms with Crippen LogP contribution in [-0.4, -0.2) is 53.1 Å². The molecule has 2 aromatic carbocycles. The number of morpholine rings is 1. The average Bonchev–Trinajstić information content (AvgIpc) is 2.68. The number of benzene rings is 2. The summed E-state index contributed by atoms with van der Waals surface area (Å²) in [5.74, 6) is 0.443. The van der Waals surface area contributed by atoms with Crippen LogP contribution in [0.3, 0.4) is 0 Å². The molecule has 0 amide bonds. The number of hydrogen-bond donors (Lipinski definition) is 0. The molecule has 0 unspecified atom stereocenters. The van der Waals surface area contributed by atoms with E-state index in [4.69, 9.17) is 13.7 Å². The highest BCUT2D eigenvalue weighted by atomic mass is 32.2. The Labute approximate surface area is 159 Å². The second-order valence-electron chi connectivity index (χ2n) is 6.07. The van der Waals surface area contributed by atoms with Crippen molar-refractivity contribution in [3.8, 4) is 11.5 Å². The minimum absolute atomic E-state index is 0.0908. The van der Waals surface area contributed by atoms with Gasteiger partial charge in [0.2, 0.25) is 0 Å². The Kier molecular flexibility index (Phi) is 5.98. The van der Waals surface area contributed by atoms with Crippen LogP contribution in [0.15, 0.2) is 52.5 Å².